The van der Waals surface area contributed by atoms with Crippen LogP contribution in [0.4, 0.5) is 0 Å². The molecule has 11 heteroatoms. The Morgan fingerprint density at radius 3 is 1.90 bits per heavy atom. The standard InChI is InChI=1S/C38H60O11/c1-2-3-4-5-6-7-8-9-10-11-12-13-14-15-16-21-27-47-38-34(46-26-22-20-25-30(35(41)42)36(43)44)33(32(40)31(28-39)48-38)49-37(45)29-23-18-17-19-24-29/h4-5,17-19,23-24,30-34,38-40H,2-3,6-16,20-22,25-28H2,1H3,(H,41,42)(H,43,44)/t31-,32+,33+,34-,38+/m1/s1. The Hall–Kier alpha value is -2.83. The molecule has 0 bridgehead atoms. The maximum Gasteiger partial charge on any atom is 0.338 e. The number of carbonyl (C=O) groups excluding carboxylic acids is 1. The number of aliphatic hydroxyl groups is 2. The number of carbonyl (C=O) groups is 3. The molecule has 1 aromatic carbocycles. The number of hydrogen-bond donors (Lipinski definition) is 4. The highest BCUT2D eigenvalue weighted by Crippen LogP contribution is 2.28. The van der Waals surface area contributed by atoms with E-state index in [4.69, 9.17) is 29.2 Å². The third kappa shape index (κ3) is 17.1. The first-order valence-electron chi connectivity index (χ1n) is 18.3. The Labute approximate surface area is 292 Å². The minimum Gasteiger partial charge on any atom is -0.481 e. The van der Waals surface area contributed by atoms with Crippen LogP contribution in [0.3, 0.4) is 0 Å². The van der Waals surface area contributed by atoms with Crippen LogP contribution in [-0.2, 0) is 28.5 Å². The van der Waals surface area contributed by atoms with Gasteiger partial charge in [-0.2, -0.15) is 0 Å². The summed E-state index contributed by atoms with van der Waals surface area (Å²) in [5.41, 5.74) is 0.275. The minimum absolute atomic E-state index is 0.0478. The Morgan fingerprint density at radius 2 is 1.31 bits per heavy atom. The van der Waals surface area contributed by atoms with E-state index in [9.17, 15) is 24.6 Å². The molecule has 1 aliphatic rings. The first-order valence-corrected chi connectivity index (χ1v) is 18.3. The average molecular weight is 693 g/mol. The summed E-state index contributed by atoms with van der Waals surface area (Å²) in [6.07, 6.45) is 15.8. The smallest absolute Gasteiger partial charge is 0.338 e. The zero-order chi connectivity index (χ0) is 35.7. The van der Waals surface area contributed by atoms with Crippen molar-refractivity contribution in [3.8, 4) is 0 Å². The molecule has 1 saturated heterocycles. The quantitative estimate of drug-likeness (QED) is 0.0320. The number of esters is 1. The van der Waals surface area contributed by atoms with Crippen molar-refractivity contribution in [2.45, 2.75) is 147 Å². The van der Waals surface area contributed by atoms with E-state index in [1.165, 1.54) is 64.2 Å². The highest BCUT2D eigenvalue weighted by Gasteiger charge is 2.48. The third-order valence-corrected chi connectivity index (χ3v) is 8.76. The molecule has 0 aromatic heterocycles. The van der Waals surface area contributed by atoms with Crippen molar-refractivity contribution in [3.05, 3.63) is 48.0 Å². The molecule has 11 nitrogen and oxygen atoms in total. The lowest BCUT2D eigenvalue weighted by Crippen LogP contribution is -2.61. The number of unbranched alkanes of at least 4 members (excludes halogenated alkanes) is 13. The largest absolute Gasteiger partial charge is 0.481 e. The van der Waals surface area contributed by atoms with E-state index in [0.29, 0.717) is 13.0 Å². The predicted molar refractivity (Wildman–Crippen MR) is 185 cm³/mol. The molecule has 0 amide bonds. The van der Waals surface area contributed by atoms with Gasteiger partial charge in [0, 0.05) is 13.2 Å². The van der Waals surface area contributed by atoms with Gasteiger partial charge in [-0.05, 0) is 57.1 Å². The average Bonchev–Trinajstić information content (AvgIpc) is 3.09. The molecule has 278 valence electrons. The number of hydrogen-bond acceptors (Lipinski definition) is 9. The van der Waals surface area contributed by atoms with Gasteiger partial charge in [-0.25, -0.2) is 4.79 Å². The number of allylic oxidation sites excluding steroid dienone is 2. The van der Waals surface area contributed by atoms with E-state index in [0.717, 1.165) is 25.7 Å². The van der Waals surface area contributed by atoms with Gasteiger partial charge in [-0.1, -0.05) is 101 Å². The summed E-state index contributed by atoms with van der Waals surface area (Å²) in [5.74, 6) is -5.00. The Bertz CT molecular complexity index is 1050. The maximum atomic E-state index is 13.0. The van der Waals surface area contributed by atoms with E-state index in [1.807, 2.05) is 0 Å². The van der Waals surface area contributed by atoms with Crippen molar-refractivity contribution in [3.63, 3.8) is 0 Å². The molecule has 0 saturated carbocycles. The predicted octanol–water partition coefficient (Wildman–Crippen LogP) is 6.69. The molecule has 0 unspecified atom stereocenters. The lowest BCUT2D eigenvalue weighted by molar-refractivity contribution is -0.309. The number of ether oxygens (including phenoxy) is 4. The van der Waals surface area contributed by atoms with Crippen LogP contribution in [0.2, 0.25) is 0 Å². The van der Waals surface area contributed by atoms with Crippen molar-refractivity contribution in [2.75, 3.05) is 19.8 Å². The summed E-state index contributed by atoms with van der Waals surface area (Å²) >= 11 is 0. The maximum absolute atomic E-state index is 13.0. The third-order valence-electron chi connectivity index (χ3n) is 8.76. The van der Waals surface area contributed by atoms with Crippen LogP contribution in [-0.4, -0.2) is 88.9 Å². The monoisotopic (exact) mass is 692 g/mol. The fourth-order valence-corrected chi connectivity index (χ4v) is 5.83. The SMILES string of the molecule is CCCC=CCCCCCCCCCCCCCO[C@H]1O[C@H](CO)[C@H](O)[C@H](OC(=O)c2ccccc2)[C@H]1OCCCCC(C(=O)O)C(=O)O. The van der Waals surface area contributed by atoms with Crippen molar-refractivity contribution in [1.82, 2.24) is 0 Å². The Kier molecular flexibility index (Phi) is 22.5. The van der Waals surface area contributed by atoms with Gasteiger partial charge in [0.25, 0.3) is 0 Å². The van der Waals surface area contributed by atoms with Crippen molar-refractivity contribution in [1.29, 1.82) is 0 Å². The number of rotatable bonds is 28. The van der Waals surface area contributed by atoms with Gasteiger partial charge in [-0.15, -0.1) is 0 Å². The molecule has 2 rings (SSSR count). The van der Waals surface area contributed by atoms with Crippen LogP contribution in [0.1, 0.15) is 126 Å². The molecule has 0 radical (unpaired) electrons. The second-order valence-electron chi connectivity index (χ2n) is 12.8. The van der Waals surface area contributed by atoms with Crippen molar-refractivity contribution in [2.24, 2.45) is 5.92 Å². The second kappa shape index (κ2) is 26.0. The van der Waals surface area contributed by atoms with Gasteiger partial charge in [0.05, 0.1) is 12.2 Å². The van der Waals surface area contributed by atoms with E-state index < -0.39 is 61.1 Å². The Morgan fingerprint density at radius 1 is 0.755 bits per heavy atom. The topological polar surface area (TPSA) is 169 Å². The zero-order valence-electron chi connectivity index (χ0n) is 29.3. The zero-order valence-corrected chi connectivity index (χ0v) is 29.3. The number of aliphatic carboxylic acids is 2. The van der Waals surface area contributed by atoms with E-state index in [-0.39, 0.29) is 25.0 Å². The lowest BCUT2D eigenvalue weighted by atomic mass is 9.98. The number of carboxylic acids is 2. The van der Waals surface area contributed by atoms with E-state index in [2.05, 4.69) is 19.1 Å². The fourth-order valence-electron chi connectivity index (χ4n) is 5.83. The van der Waals surface area contributed by atoms with Crippen molar-refractivity contribution < 1.29 is 53.8 Å². The van der Waals surface area contributed by atoms with Crippen LogP contribution in [0.15, 0.2) is 42.5 Å². The molecule has 0 spiro atoms. The molecule has 1 heterocycles. The van der Waals surface area contributed by atoms with E-state index >= 15 is 0 Å². The van der Waals surface area contributed by atoms with Gasteiger partial charge in [0.2, 0.25) is 0 Å². The summed E-state index contributed by atoms with van der Waals surface area (Å²) in [7, 11) is 0. The normalized spacial score (nSPS) is 20.9. The van der Waals surface area contributed by atoms with Crippen LogP contribution in [0.5, 0.6) is 0 Å². The molecule has 1 fully saturated rings. The van der Waals surface area contributed by atoms with Crippen LogP contribution in [0, 0.1) is 5.92 Å². The first kappa shape index (κ1) is 42.3. The minimum atomic E-state index is -1.52. The highest BCUT2D eigenvalue weighted by atomic mass is 16.7. The molecule has 1 aromatic rings. The van der Waals surface area contributed by atoms with Crippen LogP contribution >= 0.6 is 0 Å². The first-order chi connectivity index (χ1) is 23.8. The molecule has 0 aliphatic carbocycles. The number of aliphatic hydroxyl groups excluding tert-OH is 2. The van der Waals surface area contributed by atoms with E-state index in [1.54, 1.807) is 30.3 Å². The molecule has 5 atom stereocenters. The summed E-state index contributed by atoms with van der Waals surface area (Å²) in [4.78, 5) is 35.4. The number of benzene rings is 1. The van der Waals surface area contributed by atoms with Crippen molar-refractivity contribution >= 4 is 17.9 Å². The fraction of sp³-hybridized carbons (Fsp3) is 0.711. The van der Waals surface area contributed by atoms with Crippen LogP contribution < -0.4 is 0 Å². The van der Waals surface area contributed by atoms with Gasteiger partial charge < -0.3 is 39.4 Å². The molecular weight excluding hydrogens is 632 g/mol. The highest BCUT2D eigenvalue weighted by molar-refractivity contribution is 5.92. The second-order valence-corrected chi connectivity index (χ2v) is 12.8. The van der Waals surface area contributed by atoms with Gasteiger partial charge in [0.15, 0.2) is 18.3 Å². The summed E-state index contributed by atoms with van der Waals surface area (Å²) in [6.45, 7) is 2.06. The summed E-state index contributed by atoms with van der Waals surface area (Å²) in [5, 5.41) is 39.2. The molecule has 49 heavy (non-hydrogen) atoms. The lowest BCUT2D eigenvalue weighted by Gasteiger charge is -2.43. The molecule has 1 aliphatic heterocycles. The Balaban J connectivity index is 1.81. The number of carboxylic acid groups (broad SMARTS) is 2. The molecular formula is C38H60O11. The van der Waals surface area contributed by atoms with Crippen LogP contribution in [0.25, 0.3) is 0 Å². The van der Waals surface area contributed by atoms with Gasteiger partial charge in [-0.3, -0.25) is 9.59 Å². The summed E-state index contributed by atoms with van der Waals surface area (Å²) in [6, 6.07) is 8.29. The summed E-state index contributed by atoms with van der Waals surface area (Å²) < 4.78 is 23.7. The molecule has 4 N–H and O–H groups in total. The van der Waals surface area contributed by atoms with Gasteiger partial charge >= 0.3 is 17.9 Å². The van der Waals surface area contributed by atoms with Gasteiger partial charge in [0.1, 0.15) is 18.3 Å².